The molecule has 1 fully saturated rings. The van der Waals surface area contributed by atoms with Crippen molar-refractivity contribution in [3.05, 3.63) is 192 Å². The fourth-order valence-corrected chi connectivity index (χ4v) is 7.72. The van der Waals surface area contributed by atoms with E-state index in [1.165, 1.54) is 11.8 Å². The highest BCUT2D eigenvalue weighted by molar-refractivity contribution is 7.99. The molecule has 8 rings (SSSR count). The maximum Gasteiger partial charge on any atom is 0.315 e. The average Bonchev–Trinajstić information content (AvgIpc) is 3.72. The zero-order valence-corrected chi connectivity index (χ0v) is 32.1. The fraction of sp³-hybridized carbons (Fsp3) is 0.167. The highest BCUT2D eigenvalue weighted by Crippen LogP contribution is 2.41. The highest BCUT2D eigenvalue weighted by atomic mass is 32.2. The molecule has 9 heteroatoms. The van der Waals surface area contributed by atoms with Gasteiger partial charge in [-0.05, 0) is 45.5 Å². The third-order valence-electron chi connectivity index (χ3n) is 9.87. The van der Waals surface area contributed by atoms with E-state index >= 15 is 0 Å². The van der Waals surface area contributed by atoms with Crippen molar-refractivity contribution in [3.8, 4) is 33.7 Å². The lowest BCUT2D eigenvalue weighted by Gasteiger charge is -2.36. The number of carbonyl (C=O) groups excluding carboxylic acids is 1. The quantitative estimate of drug-likeness (QED) is 0.100. The first kappa shape index (κ1) is 37.9. The predicted octanol–water partition coefficient (Wildman–Crippen LogP) is 10.5. The summed E-state index contributed by atoms with van der Waals surface area (Å²) in [7, 11) is 0. The number of aliphatic hydroxyl groups excluding tert-OH is 1. The van der Waals surface area contributed by atoms with Gasteiger partial charge in [0.25, 0.3) is 5.22 Å². The van der Waals surface area contributed by atoms with Gasteiger partial charge < -0.3 is 29.6 Å². The van der Waals surface area contributed by atoms with Crippen LogP contribution in [0.4, 0.5) is 4.79 Å². The number of ether oxygens (including phenoxy) is 2. The van der Waals surface area contributed by atoms with Crippen LogP contribution in [0.3, 0.4) is 0 Å². The topological polar surface area (TPSA) is 106 Å². The molecule has 8 nitrogen and oxygen atoms in total. The standard InChI is InChI=1S/C48H43N3O5S/c52-31-34-22-24-36(25-23-34)43-28-42(32-57-48-51-44(37-15-6-2-7-16-37)45(56-48)38-17-8-3-9-18-38)54-46(55-43)41-21-11-20-40(27-41)39-19-10-14-35(26-39)30-50-47(53)49-29-33-12-4-1-5-13-33/h1-27,42-43,46,52H,28-32H2,(H2,49,50,53). The zero-order valence-electron chi connectivity index (χ0n) is 31.3. The lowest BCUT2D eigenvalue weighted by Crippen LogP contribution is -2.34. The summed E-state index contributed by atoms with van der Waals surface area (Å²) in [6.45, 7) is 0.834. The monoisotopic (exact) mass is 773 g/mol. The molecule has 3 N–H and O–H groups in total. The van der Waals surface area contributed by atoms with Crippen LogP contribution >= 0.6 is 11.8 Å². The Kier molecular flexibility index (Phi) is 12.2. The van der Waals surface area contributed by atoms with Crippen LogP contribution < -0.4 is 10.6 Å². The molecule has 0 bridgehead atoms. The molecular formula is C48H43N3O5S. The van der Waals surface area contributed by atoms with Crippen molar-refractivity contribution in [2.24, 2.45) is 0 Å². The Bertz CT molecular complexity index is 2310. The Morgan fingerprint density at radius 3 is 1.96 bits per heavy atom. The molecule has 1 saturated heterocycles. The first-order valence-corrected chi connectivity index (χ1v) is 20.1. The molecule has 7 aromatic rings. The summed E-state index contributed by atoms with van der Waals surface area (Å²) in [5.74, 6) is 1.33. The Hall–Kier alpha value is -5.97. The second-order valence-electron chi connectivity index (χ2n) is 13.9. The number of hydrogen-bond donors (Lipinski definition) is 3. The van der Waals surface area contributed by atoms with Crippen LogP contribution in [0.1, 0.15) is 46.6 Å². The molecule has 57 heavy (non-hydrogen) atoms. The van der Waals surface area contributed by atoms with Gasteiger partial charge in [-0.3, -0.25) is 0 Å². The Morgan fingerprint density at radius 1 is 0.632 bits per heavy atom. The van der Waals surface area contributed by atoms with Crippen LogP contribution in [-0.2, 0) is 29.2 Å². The summed E-state index contributed by atoms with van der Waals surface area (Å²) < 4.78 is 19.9. The molecule has 286 valence electrons. The van der Waals surface area contributed by atoms with Gasteiger partial charge in [-0.2, -0.15) is 0 Å². The molecule has 1 aliphatic heterocycles. The van der Waals surface area contributed by atoms with Gasteiger partial charge in [0.15, 0.2) is 12.1 Å². The maximum absolute atomic E-state index is 12.5. The van der Waals surface area contributed by atoms with Crippen LogP contribution in [-0.4, -0.2) is 28.0 Å². The summed E-state index contributed by atoms with van der Waals surface area (Å²) in [5.41, 5.74) is 9.59. The van der Waals surface area contributed by atoms with Crippen molar-refractivity contribution in [2.75, 3.05) is 5.75 Å². The number of oxazole rings is 1. The van der Waals surface area contributed by atoms with Crippen molar-refractivity contribution in [2.45, 2.75) is 49.8 Å². The number of carbonyl (C=O) groups is 1. The minimum atomic E-state index is -0.630. The molecule has 0 spiro atoms. The molecule has 6 aromatic carbocycles. The molecule has 0 aliphatic carbocycles. The third-order valence-corrected chi connectivity index (χ3v) is 10.8. The zero-order chi connectivity index (χ0) is 38.8. The molecule has 3 atom stereocenters. The molecular weight excluding hydrogens is 731 g/mol. The number of urea groups is 1. The van der Waals surface area contributed by atoms with E-state index in [4.69, 9.17) is 18.9 Å². The number of rotatable bonds is 13. The SMILES string of the molecule is O=C(NCc1ccccc1)NCc1cccc(-c2cccc(C3OC(CSc4nc(-c5ccccc5)c(-c5ccccc5)o4)CC(c4ccc(CO)cc4)O3)c2)c1. The summed E-state index contributed by atoms with van der Waals surface area (Å²) in [6, 6.07) is 54.1. The van der Waals surface area contributed by atoms with Crippen LogP contribution in [0.15, 0.2) is 173 Å². The summed E-state index contributed by atoms with van der Waals surface area (Å²) in [4.78, 5) is 17.5. The number of benzene rings is 6. The molecule has 1 aromatic heterocycles. The fourth-order valence-electron chi connectivity index (χ4n) is 6.87. The van der Waals surface area contributed by atoms with E-state index < -0.39 is 6.29 Å². The minimum absolute atomic E-state index is 0.0194. The normalized spacial score (nSPS) is 16.5. The average molecular weight is 774 g/mol. The number of nitrogens with zero attached hydrogens (tertiary/aromatic N) is 1. The van der Waals surface area contributed by atoms with Crippen LogP contribution in [0.5, 0.6) is 0 Å². The number of nitrogens with one attached hydrogen (secondary N) is 2. The van der Waals surface area contributed by atoms with Gasteiger partial charge in [0, 0.05) is 42.0 Å². The maximum atomic E-state index is 12.5. The lowest BCUT2D eigenvalue weighted by atomic mass is 9.99. The van der Waals surface area contributed by atoms with Gasteiger partial charge in [0.2, 0.25) is 0 Å². The van der Waals surface area contributed by atoms with E-state index in [1.807, 2.05) is 140 Å². The number of thioether (sulfide) groups is 1. The molecule has 2 amide bonds. The van der Waals surface area contributed by atoms with E-state index in [-0.39, 0.29) is 24.8 Å². The summed E-state index contributed by atoms with van der Waals surface area (Å²) >= 11 is 1.54. The number of aliphatic hydroxyl groups is 1. The van der Waals surface area contributed by atoms with E-state index in [2.05, 4.69) is 34.9 Å². The second kappa shape index (κ2) is 18.3. The number of aromatic nitrogens is 1. The first-order chi connectivity index (χ1) is 28.1. The lowest BCUT2D eigenvalue weighted by molar-refractivity contribution is -0.245. The third kappa shape index (κ3) is 9.71. The van der Waals surface area contributed by atoms with Gasteiger partial charge in [-0.25, -0.2) is 9.78 Å². The highest BCUT2D eigenvalue weighted by Gasteiger charge is 2.33. The van der Waals surface area contributed by atoms with Gasteiger partial charge in [-0.1, -0.05) is 163 Å². The largest absolute Gasteiger partial charge is 0.431 e. The Balaban J connectivity index is 0.993. The minimum Gasteiger partial charge on any atom is -0.431 e. The van der Waals surface area contributed by atoms with Gasteiger partial charge >= 0.3 is 6.03 Å². The summed E-state index contributed by atoms with van der Waals surface area (Å²) in [6.07, 6.45) is -0.422. The Morgan fingerprint density at radius 2 is 1.25 bits per heavy atom. The van der Waals surface area contributed by atoms with E-state index in [1.54, 1.807) is 0 Å². The number of hydrogen-bond acceptors (Lipinski definition) is 7. The van der Waals surface area contributed by atoms with Crippen LogP contribution in [0.25, 0.3) is 33.7 Å². The smallest absolute Gasteiger partial charge is 0.315 e. The van der Waals surface area contributed by atoms with Gasteiger partial charge in [0.05, 0.1) is 18.8 Å². The molecule has 0 saturated carbocycles. The second-order valence-corrected chi connectivity index (χ2v) is 14.9. The first-order valence-electron chi connectivity index (χ1n) is 19.1. The van der Waals surface area contributed by atoms with Crippen LogP contribution in [0.2, 0.25) is 0 Å². The van der Waals surface area contributed by atoms with Gasteiger partial charge in [0.1, 0.15) is 5.69 Å². The van der Waals surface area contributed by atoms with Crippen molar-refractivity contribution < 1.29 is 23.8 Å². The van der Waals surface area contributed by atoms with E-state index in [0.717, 1.165) is 61.5 Å². The Labute approximate surface area is 336 Å². The van der Waals surface area contributed by atoms with Crippen LogP contribution in [0, 0.1) is 0 Å². The molecule has 1 aliphatic rings. The van der Waals surface area contributed by atoms with E-state index in [0.29, 0.717) is 30.5 Å². The summed E-state index contributed by atoms with van der Waals surface area (Å²) in [5, 5.41) is 16.1. The van der Waals surface area contributed by atoms with E-state index in [9.17, 15) is 9.90 Å². The molecule has 2 heterocycles. The molecule has 3 unspecified atom stereocenters. The van der Waals surface area contributed by atoms with Gasteiger partial charge in [-0.15, -0.1) is 0 Å². The van der Waals surface area contributed by atoms with Crippen molar-refractivity contribution in [1.29, 1.82) is 0 Å². The van der Waals surface area contributed by atoms with Crippen molar-refractivity contribution >= 4 is 17.8 Å². The number of amides is 2. The molecule has 0 radical (unpaired) electrons. The van der Waals surface area contributed by atoms with Crippen molar-refractivity contribution in [3.63, 3.8) is 0 Å². The van der Waals surface area contributed by atoms with Crippen molar-refractivity contribution in [1.82, 2.24) is 15.6 Å². The predicted molar refractivity (Wildman–Crippen MR) is 224 cm³/mol.